The largest absolute Gasteiger partial charge is 0.342 e. The quantitative estimate of drug-likeness (QED) is 0.820. The van der Waals surface area contributed by atoms with E-state index in [0.717, 1.165) is 71.2 Å². The van der Waals surface area contributed by atoms with E-state index in [1.165, 1.54) is 11.1 Å². The molecule has 1 aromatic carbocycles. The molecule has 0 bridgehead atoms. The Balaban J connectivity index is 1.29. The average Bonchev–Trinajstić information content (AvgIpc) is 3.35. The van der Waals surface area contributed by atoms with Gasteiger partial charge in [-0.1, -0.05) is 30.3 Å². The number of rotatable bonds is 7. The summed E-state index contributed by atoms with van der Waals surface area (Å²) in [4.78, 5) is 17.9. The maximum Gasteiger partial charge on any atom is 0.230 e. The van der Waals surface area contributed by atoms with Gasteiger partial charge in [-0.2, -0.15) is 5.10 Å². The number of piperidine rings is 1. The Bertz CT molecular complexity index is 730. The van der Waals surface area contributed by atoms with E-state index in [0.29, 0.717) is 5.91 Å². The molecule has 0 aliphatic carbocycles. The van der Waals surface area contributed by atoms with Gasteiger partial charge in [-0.25, -0.2) is 0 Å². The molecule has 1 N–H and O–H groups in total. The van der Waals surface area contributed by atoms with Crippen LogP contribution in [0.2, 0.25) is 0 Å². The number of nitrogens with zero attached hydrogens (tertiary/aromatic N) is 3. The minimum Gasteiger partial charge on any atom is -0.342 e. The zero-order chi connectivity index (χ0) is 18.5. The van der Waals surface area contributed by atoms with Crippen LogP contribution in [-0.2, 0) is 17.6 Å². The normalized spacial score (nSPS) is 23.4. The molecule has 1 amide bonds. The van der Waals surface area contributed by atoms with Crippen LogP contribution >= 0.6 is 0 Å². The summed E-state index contributed by atoms with van der Waals surface area (Å²) in [5.41, 5.74) is 2.48. The smallest absolute Gasteiger partial charge is 0.230 e. The summed E-state index contributed by atoms with van der Waals surface area (Å²) in [7, 11) is 0. The summed E-state index contributed by atoms with van der Waals surface area (Å²) >= 11 is 0. The molecule has 0 unspecified atom stereocenters. The second-order valence-corrected chi connectivity index (χ2v) is 8.15. The topological polar surface area (TPSA) is 52.2 Å². The molecule has 27 heavy (non-hydrogen) atoms. The lowest BCUT2D eigenvalue weighted by Gasteiger charge is -2.39. The highest BCUT2D eigenvalue weighted by Crippen LogP contribution is 2.40. The molecule has 5 heteroatoms. The van der Waals surface area contributed by atoms with Gasteiger partial charge in [0.05, 0.1) is 11.6 Å². The van der Waals surface area contributed by atoms with E-state index < -0.39 is 0 Å². The Morgan fingerprint density at radius 3 is 2.74 bits per heavy atom. The maximum absolute atomic E-state index is 13.3. The van der Waals surface area contributed by atoms with Crippen LogP contribution < -0.4 is 0 Å². The van der Waals surface area contributed by atoms with Gasteiger partial charge >= 0.3 is 0 Å². The number of benzene rings is 1. The number of H-pyrrole nitrogens is 1. The van der Waals surface area contributed by atoms with Gasteiger partial charge in [0.15, 0.2) is 0 Å². The Labute approximate surface area is 161 Å². The molecule has 2 aliphatic rings. The third-order valence-corrected chi connectivity index (χ3v) is 6.26. The molecular weight excluding hydrogens is 336 g/mol. The maximum atomic E-state index is 13.3. The zero-order valence-electron chi connectivity index (χ0n) is 16.1. The standard InChI is InChI=1S/C22H30N4O/c27-21-22(11-15-25(18-22)14-9-20-16-23-24-17-20)10-5-13-26(21)12-4-8-19-6-2-1-3-7-19/h1-3,6-7,16-17H,4-5,8-15,18H2,(H,23,24)/t22-/m0/s1. The van der Waals surface area contributed by atoms with Crippen molar-refractivity contribution < 1.29 is 4.79 Å². The van der Waals surface area contributed by atoms with Crippen LogP contribution in [0.25, 0.3) is 0 Å². The Hall–Kier alpha value is -2.14. The molecule has 144 valence electrons. The molecule has 1 aromatic heterocycles. The third-order valence-electron chi connectivity index (χ3n) is 6.26. The van der Waals surface area contributed by atoms with Crippen molar-refractivity contribution in [1.29, 1.82) is 0 Å². The second-order valence-electron chi connectivity index (χ2n) is 8.15. The minimum absolute atomic E-state index is 0.124. The number of aromatic nitrogens is 2. The number of nitrogens with one attached hydrogen (secondary N) is 1. The van der Waals surface area contributed by atoms with E-state index in [1.54, 1.807) is 0 Å². The molecule has 2 saturated heterocycles. The van der Waals surface area contributed by atoms with Crippen LogP contribution in [0.4, 0.5) is 0 Å². The van der Waals surface area contributed by atoms with Gasteiger partial charge in [0.1, 0.15) is 0 Å². The fourth-order valence-corrected chi connectivity index (χ4v) is 4.71. The molecule has 1 spiro atoms. The van der Waals surface area contributed by atoms with Gasteiger partial charge < -0.3 is 9.80 Å². The highest BCUT2D eigenvalue weighted by Gasteiger charge is 2.47. The Kier molecular flexibility index (Phi) is 5.58. The predicted molar refractivity (Wildman–Crippen MR) is 106 cm³/mol. The molecule has 5 nitrogen and oxygen atoms in total. The molecule has 3 heterocycles. The number of hydrogen-bond acceptors (Lipinski definition) is 3. The van der Waals surface area contributed by atoms with Crippen LogP contribution in [0.1, 0.15) is 36.8 Å². The summed E-state index contributed by atoms with van der Waals surface area (Å²) in [5, 5.41) is 6.90. The fourth-order valence-electron chi connectivity index (χ4n) is 4.71. The van der Waals surface area contributed by atoms with Crippen molar-refractivity contribution in [3.63, 3.8) is 0 Å². The third kappa shape index (κ3) is 4.24. The van der Waals surface area contributed by atoms with Gasteiger partial charge in [0.2, 0.25) is 5.91 Å². The summed E-state index contributed by atoms with van der Waals surface area (Å²) in [6.07, 6.45) is 10.2. The Morgan fingerprint density at radius 2 is 1.93 bits per heavy atom. The lowest BCUT2D eigenvalue weighted by atomic mass is 9.78. The van der Waals surface area contributed by atoms with Crippen LogP contribution in [0, 0.1) is 5.41 Å². The lowest BCUT2D eigenvalue weighted by Crippen LogP contribution is -2.50. The van der Waals surface area contributed by atoms with Crippen molar-refractivity contribution in [2.45, 2.75) is 38.5 Å². The van der Waals surface area contributed by atoms with Crippen molar-refractivity contribution in [3.05, 3.63) is 53.9 Å². The number of aromatic amines is 1. The molecule has 2 aromatic rings. The first-order chi connectivity index (χ1) is 13.3. The molecular formula is C22H30N4O. The van der Waals surface area contributed by atoms with Crippen molar-refractivity contribution >= 4 is 5.91 Å². The van der Waals surface area contributed by atoms with E-state index in [1.807, 2.05) is 12.4 Å². The van der Waals surface area contributed by atoms with Crippen molar-refractivity contribution in [3.8, 4) is 0 Å². The molecule has 0 saturated carbocycles. The summed E-state index contributed by atoms with van der Waals surface area (Å²) in [6.45, 7) is 4.82. The number of amides is 1. The van der Waals surface area contributed by atoms with Crippen LogP contribution in [0.5, 0.6) is 0 Å². The average molecular weight is 367 g/mol. The summed E-state index contributed by atoms with van der Waals surface area (Å²) in [5.74, 6) is 0.410. The van der Waals surface area contributed by atoms with E-state index in [9.17, 15) is 4.79 Å². The molecule has 2 fully saturated rings. The first-order valence-electron chi connectivity index (χ1n) is 10.3. The highest BCUT2D eigenvalue weighted by molar-refractivity contribution is 5.84. The van der Waals surface area contributed by atoms with Crippen LogP contribution in [0.15, 0.2) is 42.7 Å². The van der Waals surface area contributed by atoms with Gasteiger partial charge in [0.25, 0.3) is 0 Å². The predicted octanol–water partition coefficient (Wildman–Crippen LogP) is 2.90. The van der Waals surface area contributed by atoms with Crippen molar-refractivity contribution in [2.75, 3.05) is 32.7 Å². The number of likely N-dealkylation sites (tertiary alicyclic amines) is 2. The first kappa shape index (κ1) is 18.2. The van der Waals surface area contributed by atoms with Gasteiger partial charge in [-0.05, 0) is 56.2 Å². The van der Waals surface area contributed by atoms with Crippen LogP contribution in [0.3, 0.4) is 0 Å². The van der Waals surface area contributed by atoms with Gasteiger partial charge in [0, 0.05) is 32.4 Å². The molecule has 1 atom stereocenters. The van der Waals surface area contributed by atoms with Gasteiger partial charge in [-0.3, -0.25) is 9.89 Å². The first-order valence-corrected chi connectivity index (χ1v) is 10.3. The molecule has 0 radical (unpaired) electrons. The number of aryl methyl sites for hydroxylation is 1. The van der Waals surface area contributed by atoms with Crippen molar-refractivity contribution in [1.82, 2.24) is 20.0 Å². The van der Waals surface area contributed by atoms with E-state index in [-0.39, 0.29) is 5.41 Å². The highest BCUT2D eigenvalue weighted by atomic mass is 16.2. The van der Waals surface area contributed by atoms with Crippen molar-refractivity contribution in [2.24, 2.45) is 5.41 Å². The summed E-state index contributed by atoms with van der Waals surface area (Å²) in [6, 6.07) is 10.6. The second kappa shape index (κ2) is 8.26. The van der Waals surface area contributed by atoms with Crippen LogP contribution in [-0.4, -0.2) is 58.6 Å². The monoisotopic (exact) mass is 366 g/mol. The molecule has 4 rings (SSSR count). The Morgan fingerprint density at radius 1 is 1.04 bits per heavy atom. The zero-order valence-corrected chi connectivity index (χ0v) is 16.1. The number of hydrogen-bond donors (Lipinski definition) is 1. The minimum atomic E-state index is -0.124. The number of carbonyl (C=O) groups excluding carboxylic acids is 1. The van der Waals surface area contributed by atoms with E-state index in [4.69, 9.17) is 0 Å². The number of carbonyl (C=O) groups is 1. The molecule has 2 aliphatic heterocycles. The SMILES string of the molecule is O=C1N(CCCc2ccccc2)CCC[C@@]12CCN(CCc1cn[nH]c1)C2. The summed E-state index contributed by atoms with van der Waals surface area (Å²) < 4.78 is 0. The van der Waals surface area contributed by atoms with E-state index >= 15 is 0 Å². The lowest BCUT2D eigenvalue weighted by molar-refractivity contribution is -0.145. The van der Waals surface area contributed by atoms with Gasteiger partial charge in [-0.15, -0.1) is 0 Å². The fraction of sp³-hybridized carbons (Fsp3) is 0.545. The van der Waals surface area contributed by atoms with E-state index in [2.05, 4.69) is 50.3 Å².